The van der Waals surface area contributed by atoms with Gasteiger partial charge < -0.3 is 5.73 Å². The lowest BCUT2D eigenvalue weighted by Crippen LogP contribution is -2.28. The Kier molecular flexibility index (Phi) is 2.94. The molecule has 0 unspecified atom stereocenters. The molecule has 0 amide bonds. The molecule has 0 heterocycles. The Hall–Kier alpha value is -0.670. The molecule has 1 saturated carbocycles. The van der Waals surface area contributed by atoms with E-state index in [1.54, 1.807) is 0 Å². The predicted octanol–water partition coefficient (Wildman–Crippen LogP) is 3.42. The van der Waals surface area contributed by atoms with E-state index < -0.39 is 17.7 Å². The predicted molar refractivity (Wildman–Crippen MR) is 55.6 cm³/mol. The lowest BCUT2D eigenvalue weighted by molar-refractivity contribution is 0.260. The number of rotatable bonds is 2. The highest BCUT2D eigenvalue weighted by Crippen LogP contribution is 2.39. The second kappa shape index (κ2) is 4.06. The van der Waals surface area contributed by atoms with Crippen molar-refractivity contribution in [2.24, 2.45) is 11.7 Å². The van der Waals surface area contributed by atoms with Crippen LogP contribution < -0.4 is 5.73 Å². The summed E-state index contributed by atoms with van der Waals surface area (Å²) >= 11 is 5.72. The molecule has 0 aliphatic heterocycles. The van der Waals surface area contributed by atoms with E-state index in [0.717, 1.165) is 31.4 Å². The summed E-state index contributed by atoms with van der Waals surface area (Å²) < 4.78 is 26.6. The zero-order valence-corrected chi connectivity index (χ0v) is 8.90. The zero-order chi connectivity index (χ0) is 11.0. The van der Waals surface area contributed by atoms with Crippen LogP contribution in [0.4, 0.5) is 8.78 Å². The van der Waals surface area contributed by atoms with Gasteiger partial charge in [0.15, 0.2) is 0 Å². The molecule has 82 valence electrons. The topological polar surface area (TPSA) is 26.0 Å². The molecule has 2 rings (SSSR count). The van der Waals surface area contributed by atoms with Crippen LogP contribution in [0.1, 0.15) is 30.9 Å². The summed E-state index contributed by atoms with van der Waals surface area (Å²) in [6, 6.07) is 1.62. The SMILES string of the molecule is N[C@@H](c1c(F)ccc(F)c1Cl)C1CCC1. The second-order valence-corrected chi connectivity index (χ2v) is 4.35. The van der Waals surface area contributed by atoms with Crippen LogP contribution in [0, 0.1) is 17.6 Å². The minimum atomic E-state index is -0.608. The Morgan fingerprint density at radius 3 is 2.40 bits per heavy atom. The fourth-order valence-electron chi connectivity index (χ4n) is 1.88. The van der Waals surface area contributed by atoms with Gasteiger partial charge in [-0.1, -0.05) is 18.0 Å². The molecule has 4 heteroatoms. The summed E-state index contributed by atoms with van der Waals surface area (Å²) in [6.07, 6.45) is 3.04. The smallest absolute Gasteiger partial charge is 0.142 e. The maximum atomic E-state index is 13.5. The van der Waals surface area contributed by atoms with Crippen LogP contribution >= 0.6 is 11.6 Å². The molecular formula is C11H12ClF2N. The summed E-state index contributed by atoms with van der Waals surface area (Å²) in [6.45, 7) is 0. The van der Waals surface area contributed by atoms with E-state index in [-0.39, 0.29) is 16.5 Å². The number of halogens is 3. The maximum Gasteiger partial charge on any atom is 0.142 e. The first kappa shape index (κ1) is 10.8. The molecule has 15 heavy (non-hydrogen) atoms. The maximum absolute atomic E-state index is 13.5. The summed E-state index contributed by atoms with van der Waals surface area (Å²) in [5.74, 6) is -0.887. The molecule has 0 bridgehead atoms. The van der Waals surface area contributed by atoms with Gasteiger partial charge in [0.1, 0.15) is 11.6 Å². The van der Waals surface area contributed by atoms with Gasteiger partial charge in [-0.25, -0.2) is 8.78 Å². The Morgan fingerprint density at radius 1 is 1.27 bits per heavy atom. The van der Waals surface area contributed by atoms with Crippen LogP contribution in [0.15, 0.2) is 12.1 Å². The Bertz CT molecular complexity index is 377. The highest BCUT2D eigenvalue weighted by molar-refractivity contribution is 6.31. The number of nitrogens with two attached hydrogens (primary N) is 1. The molecule has 1 fully saturated rings. The molecule has 1 aliphatic rings. The summed E-state index contributed by atoms with van der Waals surface area (Å²) in [5, 5.41) is -0.172. The Balaban J connectivity index is 2.36. The van der Waals surface area contributed by atoms with Crippen molar-refractivity contribution >= 4 is 11.6 Å². The van der Waals surface area contributed by atoms with Crippen molar-refractivity contribution < 1.29 is 8.78 Å². The summed E-state index contributed by atoms with van der Waals surface area (Å²) in [4.78, 5) is 0. The Morgan fingerprint density at radius 2 is 1.87 bits per heavy atom. The number of benzene rings is 1. The highest BCUT2D eigenvalue weighted by atomic mass is 35.5. The van der Waals surface area contributed by atoms with Crippen molar-refractivity contribution in [2.75, 3.05) is 0 Å². The van der Waals surface area contributed by atoms with Gasteiger partial charge in [0, 0.05) is 11.6 Å². The van der Waals surface area contributed by atoms with E-state index in [0.29, 0.717) is 0 Å². The molecule has 1 aliphatic carbocycles. The van der Waals surface area contributed by atoms with Crippen LogP contribution in [0.2, 0.25) is 5.02 Å². The summed E-state index contributed by atoms with van der Waals surface area (Å²) in [7, 11) is 0. The van der Waals surface area contributed by atoms with E-state index in [2.05, 4.69) is 0 Å². The van der Waals surface area contributed by atoms with Gasteiger partial charge in [-0.05, 0) is 30.9 Å². The fraction of sp³-hybridized carbons (Fsp3) is 0.455. The first-order valence-corrected chi connectivity index (χ1v) is 5.38. The van der Waals surface area contributed by atoms with Gasteiger partial charge in [-0.2, -0.15) is 0 Å². The van der Waals surface area contributed by atoms with Crippen molar-refractivity contribution in [1.29, 1.82) is 0 Å². The van der Waals surface area contributed by atoms with Crippen LogP contribution in [0.25, 0.3) is 0 Å². The van der Waals surface area contributed by atoms with Gasteiger partial charge in [-0.3, -0.25) is 0 Å². The average Bonchev–Trinajstić information content (AvgIpc) is 2.09. The van der Waals surface area contributed by atoms with Crippen molar-refractivity contribution in [3.63, 3.8) is 0 Å². The first-order valence-electron chi connectivity index (χ1n) is 5.00. The van der Waals surface area contributed by atoms with Crippen molar-refractivity contribution in [3.8, 4) is 0 Å². The molecule has 2 N–H and O–H groups in total. The van der Waals surface area contributed by atoms with Crippen molar-refractivity contribution in [1.82, 2.24) is 0 Å². The largest absolute Gasteiger partial charge is 0.324 e. The average molecular weight is 232 g/mol. The van der Waals surface area contributed by atoms with Gasteiger partial charge in [0.2, 0.25) is 0 Å². The van der Waals surface area contributed by atoms with E-state index in [1.807, 2.05) is 0 Å². The molecule has 1 atom stereocenters. The lowest BCUT2D eigenvalue weighted by atomic mass is 9.77. The fourth-order valence-corrected chi connectivity index (χ4v) is 2.16. The van der Waals surface area contributed by atoms with E-state index in [9.17, 15) is 8.78 Å². The zero-order valence-electron chi connectivity index (χ0n) is 8.14. The van der Waals surface area contributed by atoms with Gasteiger partial charge in [0.05, 0.1) is 5.02 Å². The minimum absolute atomic E-state index is 0.126. The van der Waals surface area contributed by atoms with Crippen molar-refractivity contribution in [3.05, 3.63) is 34.4 Å². The van der Waals surface area contributed by atoms with E-state index in [1.165, 1.54) is 0 Å². The van der Waals surface area contributed by atoms with Crippen LogP contribution in [-0.2, 0) is 0 Å². The number of hydrogen-bond acceptors (Lipinski definition) is 1. The van der Waals surface area contributed by atoms with E-state index >= 15 is 0 Å². The standard InChI is InChI=1S/C11H12ClF2N/c12-10-8(14)5-4-7(13)9(10)11(15)6-2-1-3-6/h4-6,11H,1-3,15H2/t11-/m1/s1. The highest BCUT2D eigenvalue weighted by Gasteiger charge is 2.29. The van der Waals surface area contributed by atoms with Crippen LogP contribution in [0.5, 0.6) is 0 Å². The molecule has 1 aromatic rings. The third-order valence-electron chi connectivity index (χ3n) is 3.07. The van der Waals surface area contributed by atoms with E-state index in [4.69, 9.17) is 17.3 Å². The molecular weight excluding hydrogens is 220 g/mol. The first-order chi connectivity index (χ1) is 7.11. The third kappa shape index (κ3) is 1.86. The second-order valence-electron chi connectivity index (χ2n) is 3.97. The molecule has 1 nitrogen and oxygen atoms in total. The minimum Gasteiger partial charge on any atom is -0.324 e. The third-order valence-corrected chi connectivity index (χ3v) is 3.45. The van der Waals surface area contributed by atoms with Crippen LogP contribution in [-0.4, -0.2) is 0 Å². The molecule has 0 aromatic heterocycles. The van der Waals surface area contributed by atoms with Crippen molar-refractivity contribution in [2.45, 2.75) is 25.3 Å². The molecule has 0 radical (unpaired) electrons. The monoisotopic (exact) mass is 231 g/mol. The Labute approximate surface area is 92.2 Å². The van der Waals surface area contributed by atoms with Gasteiger partial charge >= 0.3 is 0 Å². The lowest BCUT2D eigenvalue weighted by Gasteiger charge is -2.32. The number of hydrogen-bond donors (Lipinski definition) is 1. The quantitative estimate of drug-likeness (QED) is 0.776. The summed E-state index contributed by atoms with van der Waals surface area (Å²) in [5.41, 5.74) is 6.01. The molecule has 0 spiro atoms. The molecule has 1 aromatic carbocycles. The van der Waals surface area contributed by atoms with Crippen LogP contribution in [0.3, 0.4) is 0 Å². The molecule has 0 saturated heterocycles. The normalized spacial score (nSPS) is 18.7. The van der Waals surface area contributed by atoms with Gasteiger partial charge in [0.25, 0.3) is 0 Å². The van der Waals surface area contributed by atoms with Gasteiger partial charge in [-0.15, -0.1) is 0 Å².